The van der Waals surface area contributed by atoms with Crippen LogP contribution in [0.15, 0.2) is 0 Å². The average molecular weight is 265 g/mol. The smallest absolute Gasteiger partial charge is 0.240 e. The van der Waals surface area contributed by atoms with Gasteiger partial charge in [0, 0.05) is 19.1 Å². The van der Waals surface area contributed by atoms with E-state index in [1.807, 2.05) is 0 Å². The lowest BCUT2D eigenvalue weighted by molar-refractivity contribution is -0.134. The summed E-state index contributed by atoms with van der Waals surface area (Å²) in [4.78, 5) is 17.3. The summed E-state index contributed by atoms with van der Waals surface area (Å²) in [6, 6.07) is 0.705. The zero-order chi connectivity index (χ0) is 13.2. The standard InChI is InChI=1S/C15H27N3O/c1-12-5-4-7-16-14(12)15(19)18-10-6-13(11-18)17-8-2-3-9-17/h12-14,16H,2-11H2,1H3. The molecule has 4 heteroatoms. The highest BCUT2D eigenvalue weighted by Crippen LogP contribution is 2.23. The molecule has 3 rings (SSSR count). The van der Waals surface area contributed by atoms with E-state index in [2.05, 4.69) is 22.0 Å². The summed E-state index contributed by atoms with van der Waals surface area (Å²) in [5, 5.41) is 3.43. The Labute approximate surface area is 116 Å². The molecule has 3 saturated heterocycles. The molecule has 3 unspecified atom stereocenters. The second kappa shape index (κ2) is 5.80. The van der Waals surface area contributed by atoms with Crippen molar-refractivity contribution >= 4 is 5.91 Å². The van der Waals surface area contributed by atoms with Gasteiger partial charge < -0.3 is 10.2 Å². The van der Waals surface area contributed by atoms with Gasteiger partial charge in [0.05, 0.1) is 6.04 Å². The minimum absolute atomic E-state index is 0.0751. The number of rotatable bonds is 2. The van der Waals surface area contributed by atoms with Crippen LogP contribution in [0.25, 0.3) is 0 Å². The zero-order valence-electron chi connectivity index (χ0n) is 12.1. The van der Waals surface area contributed by atoms with Crippen LogP contribution in [0.5, 0.6) is 0 Å². The summed E-state index contributed by atoms with van der Waals surface area (Å²) >= 11 is 0. The Hall–Kier alpha value is -0.610. The number of hydrogen-bond acceptors (Lipinski definition) is 3. The van der Waals surface area contributed by atoms with E-state index in [0.717, 1.165) is 19.6 Å². The maximum Gasteiger partial charge on any atom is 0.240 e. The topological polar surface area (TPSA) is 35.6 Å². The van der Waals surface area contributed by atoms with Crippen molar-refractivity contribution in [2.45, 2.75) is 51.1 Å². The lowest BCUT2D eigenvalue weighted by Crippen LogP contribution is -2.52. The molecule has 0 aliphatic carbocycles. The summed E-state index contributed by atoms with van der Waals surface area (Å²) in [5.74, 6) is 0.848. The van der Waals surface area contributed by atoms with Crippen LogP contribution in [0.4, 0.5) is 0 Å². The number of hydrogen-bond donors (Lipinski definition) is 1. The van der Waals surface area contributed by atoms with Gasteiger partial charge >= 0.3 is 0 Å². The van der Waals surface area contributed by atoms with Gasteiger partial charge in [-0.1, -0.05) is 6.92 Å². The molecule has 0 aromatic heterocycles. The number of likely N-dealkylation sites (tertiary alicyclic amines) is 2. The first-order valence-electron chi connectivity index (χ1n) is 8.02. The molecule has 3 fully saturated rings. The third-order valence-electron chi connectivity index (χ3n) is 5.17. The van der Waals surface area contributed by atoms with Gasteiger partial charge in [-0.15, -0.1) is 0 Å². The minimum atomic E-state index is 0.0751. The molecular formula is C15H27N3O. The van der Waals surface area contributed by atoms with Crippen LogP contribution < -0.4 is 5.32 Å². The molecule has 0 aromatic carbocycles. The predicted molar refractivity (Wildman–Crippen MR) is 76.0 cm³/mol. The van der Waals surface area contributed by atoms with E-state index in [0.29, 0.717) is 17.9 Å². The Morgan fingerprint density at radius 2 is 1.89 bits per heavy atom. The first-order valence-corrected chi connectivity index (χ1v) is 8.02. The fraction of sp³-hybridized carbons (Fsp3) is 0.933. The molecule has 0 aromatic rings. The minimum Gasteiger partial charge on any atom is -0.340 e. The van der Waals surface area contributed by atoms with E-state index in [1.165, 1.54) is 45.2 Å². The van der Waals surface area contributed by atoms with Crippen LogP contribution in [-0.2, 0) is 4.79 Å². The van der Waals surface area contributed by atoms with Gasteiger partial charge in [-0.05, 0) is 57.7 Å². The molecule has 0 spiro atoms. The highest BCUT2D eigenvalue weighted by molar-refractivity contribution is 5.82. The van der Waals surface area contributed by atoms with Gasteiger partial charge in [-0.3, -0.25) is 9.69 Å². The maximum absolute atomic E-state index is 12.6. The molecule has 3 heterocycles. The van der Waals surface area contributed by atoms with Gasteiger partial charge in [-0.2, -0.15) is 0 Å². The molecule has 19 heavy (non-hydrogen) atoms. The van der Waals surface area contributed by atoms with Gasteiger partial charge in [0.1, 0.15) is 0 Å². The number of carbonyl (C=O) groups is 1. The van der Waals surface area contributed by atoms with Gasteiger partial charge in [0.15, 0.2) is 0 Å². The second-order valence-corrected chi connectivity index (χ2v) is 6.52. The Balaban J connectivity index is 1.56. The summed E-state index contributed by atoms with van der Waals surface area (Å²) in [7, 11) is 0. The van der Waals surface area contributed by atoms with Crippen molar-refractivity contribution in [1.82, 2.24) is 15.1 Å². The van der Waals surface area contributed by atoms with Crippen LogP contribution in [0.1, 0.15) is 39.0 Å². The van der Waals surface area contributed by atoms with Gasteiger partial charge in [0.25, 0.3) is 0 Å². The molecule has 3 aliphatic rings. The summed E-state index contributed by atoms with van der Waals surface area (Å²) in [5.41, 5.74) is 0. The zero-order valence-corrected chi connectivity index (χ0v) is 12.1. The molecule has 1 amide bonds. The van der Waals surface area contributed by atoms with E-state index in [-0.39, 0.29) is 6.04 Å². The van der Waals surface area contributed by atoms with Crippen LogP contribution >= 0.6 is 0 Å². The fourth-order valence-corrected chi connectivity index (χ4v) is 3.92. The largest absolute Gasteiger partial charge is 0.340 e. The monoisotopic (exact) mass is 265 g/mol. The number of amides is 1. The first kappa shape index (κ1) is 13.4. The normalized spacial score (nSPS) is 36.9. The van der Waals surface area contributed by atoms with Crippen LogP contribution in [0.3, 0.4) is 0 Å². The van der Waals surface area contributed by atoms with Crippen molar-refractivity contribution in [3.05, 3.63) is 0 Å². The van der Waals surface area contributed by atoms with Gasteiger partial charge in [0.2, 0.25) is 5.91 Å². The Kier molecular flexibility index (Phi) is 4.08. The van der Waals surface area contributed by atoms with Crippen molar-refractivity contribution in [3.63, 3.8) is 0 Å². The SMILES string of the molecule is CC1CCCNC1C(=O)N1CCC(N2CCCC2)C1. The quantitative estimate of drug-likeness (QED) is 0.811. The van der Waals surface area contributed by atoms with Crippen LogP contribution in [0, 0.1) is 5.92 Å². The molecule has 3 aliphatic heterocycles. The highest BCUT2D eigenvalue weighted by Gasteiger charge is 2.36. The van der Waals surface area contributed by atoms with E-state index in [1.54, 1.807) is 0 Å². The second-order valence-electron chi connectivity index (χ2n) is 6.52. The Bertz CT molecular complexity index is 327. The van der Waals surface area contributed by atoms with Gasteiger partial charge in [-0.25, -0.2) is 0 Å². The number of nitrogens with one attached hydrogen (secondary N) is 1. The third-order valence-corrected chi connectivity index (χ3v) is 5.17. The van der Waals surface area contributed by atoms with E-state index < -0.39 is 0 Å². The first-order chi connectivity index (χ1) is 9.25. The predicted octanol–water partition coefficient (Wildman–Crippen LogP) is 1.07. The fourth-order valence-electron chi connectivity index (χ4n) is 3.92. The molecule has 3 atom stereocenters. The number of carbonyl (C=O) groups excluding carboxylic acids is 1. The van der Waals surface area contributed by atoms with Crippen molar-refractivity contribution in [1.29, 1.82) is 0 Å². The van der Waals surface area contributed by atoms with Crippen molar-refractivity contribution in [2.75, 3.05) is 32.7 Å². The lowest BCUT2D eigenvalue weighted by atomic mass is 9.92. The molecule has 1 N–H and O–H groups in total. The van der Waals surface area contributed by atoms with E-state index in [9.17, 15) is 4.79 Å². The summed E-state index contributed by atoms with van der Waals surface area (Å²) in [6.07, 6.45) is 6.25. The summed E-state index contributed by atoms with van der Waals surface area (Å²) < 4.78 is 0. The molecule has 108 valence electrons. The molecule has 0 bridgehead atoms. The van der Waals surface area contributed by atoms with Crippen LogP contribution in [0.2, 0.25) is 0 Å². The molecule has 0 radical (unpaired) electrons. The number of nitrogens with zero attached hydrogens (tertiary/aromatic N) is 2. The maximum atomic E-state index is 12.6. The third kappa shape index (κ3) is 2.79. The van der Waals surface area contributed by atoms with Crippen molar-refractivity contribution < 1.29 is 4.79 Å². The molecule has 0 saturated carbocycles. The van der Waals surface area contributed by atoms with E-state index >= 15 is 0 Å². The molecular weight excluding hydrogens is 238 g/mol. The molecule has 4 nitrogen and oxygen atoms in total. The van der Waals surface area contributed by atoms with Crippen molar-refractivity contribution in [3.8, 4) is 0 Å². The Morgan fingerprint density at radius 3 is 2.63 bits per heavy atom. The highest BCUT2D eigenvalue weighted by atomic mass is 16.2. The Morgan fingerprint density at radius 1 is 1.11 bits per heavy atom. The van der Waals surface area contributed by atoms with Crippen molar-refractivity contribution in [2.24, 2.45) is 5.92 Å². The van der Waals surface area contributed by atoms with Crippen LogP contribution in [-0.4, -0.2) is 60.5 Å². The number of piperidine rings is 1. The van der Waals surface area contributed by atoms with E-state index in [4.69, 9.17) is 0 Å². The lowest BCUT2D eigenvalue weighted by Gasteiger charge is -2.32. The summed E-state index contributed by atoms with van der Waals surface area (Å²) in [6.45, 7) is 7.62. The average Bonchev–Trinajstić information content (AvgIpc) is 3.09.